The Bertz CT molecular complexity index is 1170. The largest absolute Gasteiger partial charge is 0.372 e. The van der Waals surface area contributed by atoms with E-state index < -0.39 is 0 Å². The lowest BCUT2D eigenvalue weighted by molar-refractivity contribution is 0.866. The van der Waals surface area contributed by atoms with Gasteiger partial charge in [0.25, 0.3) is 0 Å². The molecule has 3 nitrogen and oxygen atoms in total. The molecule has 0 saturated carbocycles. The Kier molecular flexibility index (Phi) is 5.66. The second-order valence-corrected chi connectivity index (χ2v) is 6.92. The molecule has 2 heterocycles. The van der Waals surface area contributed by atoms with Crippen molar-refractivity contribution in [1.82, 2.24) is 9.97 Å². The Morgan fingerprint density at radius 1 is 0.793 bits per heavy atom. The molecule has 0 fully saturated rings. The second-order valence-electron chi connectivity index (χ2n) is 6.92. The molecule has 0 atom stereocenters. The lowest BCUT2D eigenvalue weighted by atomic mass is 10.0. The molecular weight excluding hydrogens is 354 g/mol. The van der Waals surface area contributed by atoms with Crippen LogP contribution in [0, 0.1) is 0 Å². The molecule has 0 N–H and O–H groups in total. The van der Waals surface area contributed by atoms with Crippen molar-refractivity contribution < 1.29 is 0 Å². The van der Waals surface area contributed by atoms with Gasteiger partial charge in [-0.15, -0.1) is 0 Å². The van der Waals surface area contributed by atoms with Crippen LogP contribution in [-0.2, 0) is 0 Å². The fourth-order valence-corrected chi connectivity index (χ4v) is 3.65. The van der Waals surface area contributed by atoms with Gasteiger partial charge in [0, 0.05) is 41.9 Å². The highest BCUT2D eigenvalue weighted by atomic mass is 15.1. The molecule has 0 unspecified atom stereocenters. The lowest BCUT2D eigenvalue weighted by Crippen LogP contribution is -2.21. The number of benzene rings is 2. The number of pyridine rings is 2. The lowest BCUT2D eigenvalue weighted by Gasteiger charge is -2.20. The molecular formula is C26H25N3. The molecule has 29 heavy (non-hydrogen) atoms. The third-order valence-electron chi connectivity index (χ3n) is 5.19. The first-order valence-corrected chi connectivity index (χ1v) is 10.1. The van der Waals surface area contributed by atoms with E-state index in [2.05, 4.69) is 95.5 Å². The van der Waals surface area contributed by atoms with Gasteiger partial charge < -0.3 is 4.90 Å². The predicted octanol–water partition coefficient (Wildman–Crippen LogP) is 6.36. The van der Waals surface area contributed by atoms with Gasteiger partial charge >= 0.3 is 0 Å². The number of hydrogen-bond acceptors (Lipinski definition) is 3. The van der Waals surface area contributed by atoms with E-state index >= 15 is 0 Å². The maximum Gasteiger partial charge on any atom is 0.0970 e. The van der Waals surface area contributed by atoms with Crippen molar-refractivity contribution in [3.8, 4) is 0 Å². The fourth-order valence-electron chi connectivity index (χ4n) is 3.65. The van der Waals surface area contributed by atoms with E-state index in [1.807, 2.05) is 24.5 Å². The van der Waals surface area contributed by atoms with E-state index in [-0.39, 0.29) is 0 Å². The summed E-state index contributed by atoms with van der Waals surface area (Å²) in [7, 11) is 0. The standard InChI is InChI=1S/C26H25N3/c1-3-29(4-2)23-15-13-20(14-16-23)9-5-6-10-21-19-22-11-7-17-27-25(22)26-24(21)12-8-18-28-26/h5-19H,3-4H2,1-2H3/b9-5+,10-6+. The highest BCUT2D eigenvalue weighted by molar-refractivity contribution is 6.06. The molecule has 0 aliphatic rings. The molecule has 144 valence electrons. The van der Waals surface area contributed by atoms with Crippen molar-refractivity contribution in [2.24, 2.45) is 0 Å². The fraction of sp³-hybridized carbons (Fsp3) is 0.154. The average Bonchev–Trinajstić information content (AvgIpc) is 2.78. The van der Waals surface area contributed by atoms with E-state index in [4.69, 9.17) is 0 Å². The monoisotopic (exact) mass is 379 g/mol. The molecule has 0 saturated heterocycles. The maximum atomic E-state index is 4.56. The molecule has 0 spiro atoms. The van der Waals surface area contributed by atoms with Crippen LogP contribution in [-0.4, -0.2) is 23.1 Å². The summed E-state index contributed by atoms with van der Waals surface area (Å²) in [6, 6.07) is 19.0. The van der Waals surface area contributed by atoms with Gasteiger partial charge in [-0.2, -0.15) is 0 Å². The number of hydrogen-bond donors (Lipinski definition) is 0. The molecule has 0 amide bonds. The van der Waals surface area contributed by atoms with Gasteiger partial charge in [-0.05, 0) is 55.3 Å². The van der Waals surface area contributed by atoms with Crippen LogP contribution in [0.25, 0.3) is 34.0 Å². The first-order valence-electron chi connectivity index (χ1n) is 10.1. The summed E-state index contributed by atoms with van der Waals surface area (Å²) in [6.07, 6.45) is 12.1. The number of nitrogens with zero attached hydrogens (tertiary/aromatic N) is 3. The maximum absolute atomic E-state index is 4.56. The summed E-state index contributed by atoms with van der Waals surface area (Å²) in [5.74, 6) is 0. The van der Waals surface area contributed by atoms with Crippen LogP contribution < -0.4 is 4.90 Å². The number of anilines is 1. The second kappa shape index (κ2) is 8.70. The van der Waals surface area contributed by atoms with Crippen molar-refractivity contribution in [3.63, 3.8) is 0 Å². The molecule has 0 aliphatic carbocycles. The molecule has 2 aromatic heterocycles. The van der Waals surface area contributed by atoms with Gasteiger partial charge in [-0.3, -0.25) is 9.97 Å². The predicted molar refractivity (Wildman–Crippen MR) is 125 cm³/mol. The van der Waals surface area contributed by atoms with Crippen molar-refractivity contribution in [3.05, 3.63) is 90.3 Å². The van der Waals surface area contributed by atoms with E-state index in [1.165, 1.54) is 11.3 Å². The van der Waals surface area contributed by atoms with Gasteiger partial charge in [0.1, 0.15) is 0 Å². The van der Waals surface area contributed by atoms with Crippen molar-refractivity contribution in [1.29, 1.82) is 0 Å². The zero-order valence-electron chi connectivity index (χ0n) is 16.9. The van der Waals surface area contributed by atoms with E-state index in [1.54, 1.807) is 0 Å². The molecule has 0 aliphatic heterocycles. The highest BCUT2D eigenvalue weighted by Crippen LogP contribution is 2.26. The number of allylic oxidation sites excluding steroid dienone is 2. The minimum atomic E-state index is 0.946. The van der Waals surface area contributed by atoms with E-state index in [9.17, 15) is 0 Å². The topological polar surface area (TPSA) is 29.0 Å². The molecule has 2 aromatic carbocycles. The smallest absolute Gasteiger partial charge is 0.0970 e. The summed E-state index contributed by atoms with van der Waals surface area (Å²) in [6.45, 7) is 6.42. The quantitative estimate of drug-likeness (QED) is 0.288. The average molecular weight is 380 g/mol. The number of fused-ring (bicyclic) bond motifs is 3. The Morgan fingerprint density at radius 3 is 2.24 bits per heavy atom. The zero-order valence-corrected chi connectivity index (χ0v) is 16.9. The van der Waals surface area contributed by atoms with Crippen LogP contribution >= 0.6 is 0 Å². The molecule has 0 bridgehead atoms. The summed E-state index contributed by atoms with van der Waals surface area (Å²) in [5.41, 5.74) is 5.51. The minimum absolute atomic E-state index is 0.946. The van der Waals surface area contributed by atoms with Crippen molar-refractivity contribution >= 4 is 39.6 Å². The van der Waals surface area contributed by atoms with Crippen LogP contribution in [0.3, 0.4) is 0 Å². The Labute approximate surface area is 172 Å². The van der Waals surface area contributed by atoms with Gasteiger partial charge in [-0.25, -0.2) is 0 Å². The van der Waals surface area contributed by atoms with E-state index in [0.29, 0.717) is 0 Å². The summed E-state index contributed by atoms with van der Waals surface area (Å²) in [5, 5.41) is 2.22. The Hall–Kier alpha value is -3.46. The summed E-state index contributed by atoms with van der Waals surface area (Å²) in [4.78, 5) is 11.4. The third-order valence-corrected chi connectivity index (χ3v) is 5.19. The Balaban J connectivity index is 1.58. The molecule has 0 radical (unpaired) electrons. The van der Waals surface area contributed by atoms with E-state index in [0.717, 1.165) is 40.5 Å². The molecule has 3 heteroatoms. The van der Waals surface area contributed by atoms with Crippen LogP contribution in [0.2, 0.25) is 0 Å². The summed E-state index contributed by atoms with van der Waals surface area (Å²) >= 11 is 0. The zero-order chi connectivity index (χ0) is 20.1. The number of aromatic nitrogens is 2. The van der Waals surface area contributed by atoms with Gasteiger partial charge in [0.15, 0.2) is 0 Å². The van der Waals surface area contributed by atoms with Gasteiger partial charge in [0.2, 0.25) is 0 Å². The third kappa shape index (κ3) is 4.04. The first kappa shape index (κ1) is 18.9. The van der Waals surface area contributed by atoms with Crippen LogP contribution in [0.4, 0.5) is 5.69 Å². The number of rotatable bonds is 6. The van der Waals surface area contributed by atoms with Crippen LogP contribution in [0.15, 0.2) is 79.1 Å². The van der Waals surface area contributed by atoms with Crippen LogP contribution in [0.1, 0.15) is 25.0 Å². The van der Waals surface area contributed by atoms with Gasteiger partial charge in [0.05, 0.1) is 11.0 Å². The van der Waals surface area contributed by atoms with Gasteiger partial charge in [-0.1, -0.05) is 48.6 Å². The Morgan fingerprint density at radius 2 is 1.48 bits per heavy atom. The summed E-state index contributed by atoms with van der Waals surface area (Å²) < 4.78 is 0. The molecule has 4 aromatic rings. The van der Waals surface area contributed by atoms with Crippen molar-refractivity contribution in [2.45, 2.75) is 13.8 Å². The first-order chi connectivity index (χ1) is 14.3. The normalized spacial score (nSPS) is 11.8. The molecule has 4 rings (SSSR count). The SMILES string of the molecule is CCN(CC)c1ccc(/C=C/C=C/c2cc3cccnc3c3ncccc23)cc1. The van der Waals surface area contributed by atoms with Crippen molar-refractivity contribution in [2.75, 3.05) is 18.0 Å². The van der Waals surface area contributed by atoms with Crippen LogP contribution in [0.5, 0.6) is 0 Å². The minimum Gasteiger partial charge on any atom is -0.372 e. The highest BCUT2D eigenvalue weighted by Gasteiger charge is 2.06.